The van der Waals surface area contributed by atoms with Gasteiger partial charge in [-0.25, -0.2) is 0 Å². The van der Waals surface area contributed by atoms with Gasteiger partial charge in [0.25, 0.3) is 0 Å². The van der Waals surface area contributed by atoms with Crippen LogP contribution >= 0.6 is 24.0 Å². The van der Waals surface area contributed by atoms with Crippen LogP contribution in [0.25, 0.3) is 0 Å². The van der Waals surface area contributed by atoms with E-state index in [2.05, 4.69) is 46.8 Å². The Hall–Kier alpha value is -1.06. The number of ether oxygens (including phenoxy) is 2. The second-order valence-corrected chi connectivity index (χ2v) is 6.05. The normalized spacial score (nSPS) is 11.2. The van der Waals surface area contributed by atoms with Gasteiger partial charge in [-0.05, 0) is 51.6 Å². The number of rotatable bonds is 12. The molecule has 7 heteroatoms. The quantitative estimate of drug-likeness (QED) is 0.210. The lowest BCUT2D eigenvalue weighted by Gasteiger charge is -2.13. The number of nitrogens with zero attached hydrogens (tertiary/aromatic N) is 2. The smallest absolute Gasteiger partial charge is 0.191 e. The zero-order valence-corrected chi connectivity index (χ0v) is 18.9. The molecule has 150 valence electrons. The summed E-state index contributed by atoms with van der Waals surface area (Å²) in [5.41, 5.74) is 1.19. The fraction of sp³-hybridized carbons (Fsp3) is 0.632. The molecule has 0 atom stereocenters. The third kappa shape index (κ3) is 12.3. The summed E-state index contributed by atoms with van der Waals surface area (Å²) in [7, 11) is 5.93. The summed E-state index contributed by atoms with van der Waals surface area (Å²) >= 11 is 0. The molecule has 1 aromatic carbocycles. The largest absolute Gasteiger partial charge is 0.494 e. The molecule has 0 saturated carbocycles. The number of halogens is 1. The molecule has 1 aromatic rings. The molecule has 0 heterocycles. The van der Waals surface area contributed by atoms with Gasteiger partial charge in [0.05, 0.1) is 6.61 Å². The highest BCUT2D eigenvalue weighted by atomic mass is 127. The second-order valence-electron chi connectivity index (χ2n) is 6.05. The minimum atomic E-state index is 0. The van der Waals surface area contributed by atoms with E-state index in [9.17, 15) is 0 Å². The van der Waals surface area contributed by atoms with Gasteiger partial charge in [-0.15, -0.1) is 24.0 Å². The molecule has 0 saturated heterocycles. The topological polar surface area (TPSA) is 58.1 Å². The van der Waals surface area contributed by atoms with Gasteiger partial charge in [-0.2, -0.15) is 0 Å². The molecule has 0 fully saturated rings. The molecule has 0 bridgehead atoms. The third-order valence-electron chi connectivity index (χ3n) is 3.59. The van der Waals surface area contributed by atoms with Crippen LogP contribution in [0.4, 0.5) is 0 Å². The van der Waals surface area contributed by atoms with E-state index in [-0.39, 0.29) is 24.0 Å². The first kappa shape index (κ1) is 24.9. The highest BCUT2D eigenvalue weighted by Gasteiger charge is 2.00. The summed E-state index contributed by atoms with van der Waals surface area (Å²) < 4.78 is 11.1. The molecule has 0 aliphatic rings. The molecule has 0 aliphatic heterocycles. The molecular weight excluding hydrogens is 443 g/mol. The van der Waals surface area contributed by atoms with Crippen LogP contribution in [0, 0.1) is 0 Å². The fourth-order valence-electron chi connectivity index (χ4n) is 2.21. The van der Waals surface area contributed by atoms with Crippen molar-refractivity contribution < 1.29 is 9.47 Å². The Balaban J connectivity index is 0.00000625. The minimum absolute atomic E-state index is 0. The standard InChI is InChI=1S/C19H34N4O2.HI/c1-5-24-14-6-12-21-19(20-2)22-16-17-8-10-18(11-9-17)25-15-7-13-23(3)4;/h8-11H,5-7,12-16H2,1-4H3,(H2,20,21,22);1H. The van der Waals surface area contributed by atoms with E-state index in [1.807, 2.05) is 19.1 Å². The summed E-state index contributed by atoms with van der Waals surface area (Å²) in [5, 5.41) is 6.60. The lowest BCUT2D eigenvalue weighted by molar-refractivity contribution is 0.145. The van der Waals surface area contributed by atoms with Gasteiger partial charge in [0, 0.05) is 39.9 Å². The van der Waals surface area contributed by atoms with Crippen LogP contribution in [0.5, 0.6) is 5.75 Å². The molecule has 2 N–H and O–H groups in total. The predicted octanol–water partition coefficient (Wildman–Crippen LogP) is 2.73. The van der Waals surface area contributed by atoms with Crippen molar-refractivity contribution in [3.8, 4) is 5.75 Å². The Labute approximate surface area is 175 Å². The number of aliphatic imine (C=N–C) groups is 1. The highest BCUT2D eigenvalue weighted by molar-refractivity contribution is 14.0. The van der Waals surface area contributed by atoms with Crippen molar-refractivity contribution in [1.29, 1.82) is 0 Å². The van der Waals surface area contributed by atoms with Crippen LogP contribution in [0.15, 0.2) is 29.3 Å². The van der Waals surface area contributed by atoms with Gasteiger partial charge in [-0.3, -0.25) is 4.99 Å². The van der Waals surface area contributed by atoms with Crippen molar-refractivity contribution >= 4 is 29.9 Å². The van der Waals surface area contributed by atoms with Crippen molar-refractivity contribution in [3.05, 3.63) is 29.8 Å². The SMILES string of the molecule is CCOCCCNC(=NC)NCc1ccc(OCCCN(C)C)cc1.I. The minimum Gasteiger partial charge on any atom is -0.494 e. The van der Waals surface area contributed by atoms with E-state index in [0.29, 0.717) is 0 Å². The van der Waals surface area contributed by atoms with E-state index in [1.165, 1.54) is 5.56 Å². The van der Waals surface area contributed by atoms with Crippen molar-refractivity contribution in [2.75, 3.05) is 54.1 Å². The number of hydrogen-bond acceptors (Lipinski definition) is 4. The maximum absolute atomic E-state index is 5.75. The molecular formula is C19H35IN4O2. The van der Waals surface area contributed by atoms with Gasteiger partial charge in [0.15, 0.2) is 5.96 Å². The van der Waals surface area contributed by atoms with E-state index in [1.54, 1.807) is 7.05 Å². The Morgan fingerprint density at radius 2 is 1.81 bits per heavy atom. The zero-order valence-electron chi connectivity index (χ0n) is 16.6. The van der Waals surface area contributed by atoms with Gasteiger partial charge in [0.1, 0.15) is 5.75 Å². The second kappa shape index (κ2) is 16.1. The van der Waals surface area contributed by atoms with Crippen molar-refractivity contribution in [3.63, 3.8) is 0 Å². The lowest BCUT2D eigenvalue weighted by Crippen LogP contribution is -2.37. The molecule has 26 heavy (non-hydrogen) atoms. The summed E-state index contributed by atoms with van der Waals surface area (Å²) in [6, 6.07) is 8.20. The van der Waals surface area contributed by atoms with Crippen LogP contribution in [0.3, 0.4) is 0 Å². The highest BCUT2D eigenvalue weighted by Crippen LogP contribution is 2.12. The predicted molar refractivity (Wildman–Crippen MR) is 120 cm³/mol. The monoisotopic (exact) mass is 478 g/mol. The summed E-state index contributed by atoms with van der Waals surface area (Å²) in [4.78, 5) is 6.39. The summed E-state index contributed by atoms with van der Waals surface area (Å²) in [5.74, 6) is 1.72. The van der Waals surface area contributed by atoms with Crippen molar-refractivity contribution in [2.45, 2.75) is 26.3 Å². The van der Waals surface area contributed by atoms with Crippen LogP contribution in [-0.2, 0) is 11.3 Å². The first-order chi connectivity index (χ1) is 12.2. The average Bonchev–Trinajstić information content (AvgIpc) is 2.62. The first-order valence-electron chi connectivity index (χ1n) is 9.04. The molecule has 6 nitrogen and oxygen atoms in total. The van der Waals surface area contributed by atoms with Gasteiger partial charge >= 0.3 is 0 Å². The number of nitrogens with one attached hydrogen (secondary N) is 2. The van der Waals surface area contributed by atoms with Crippen molar-refractivity contribution in [1.82, 2.24) is 15.5 Å². The van der Waals surface area contributed by atoms with Crippen LogP contribution in [0.2, 0.25) is 0 Å². The Morgan fingerprint density at radius 3 is 2.42 bits per heavy atom. The Kier molecular flexibility index (Phi) is 15.5. The van der Waals surface area contributed by atoms with E-state index < -0.39 is 0 Å². The van der Waals surface area contributed by atoms with E-state index in [0.717, 1.165) is 64.0 Å². The van der Waals surface area contributed by atoms with Crippen LogP contribution in [0.1, 0.15) is 25.3 Å². The fourth-order valence-corrected chi connectivity index (χ4v) is 2.21. The van der Waals surface area contributed by atoms with Crippen LogP contribution in [-0.4, -0.2) is 64.9 Å². The summed E-state index contributed by atoms with van der Waals surface area (Å²) in [6.45, 7) is 6.91. The average molecular weight is 478 g/mol. The van der Waals surface area contributed by atoms with Crippen molar-refractivity contribution in [2.24, 2.45) is 4.99 Å². The van der Waals surface area contributed by atoms with Gasteiger partial charge in [-0.1, -0.05) is 12.1 Å². The maximum atomic E-state index is 5.75. The zero-order chi connectivity index (χ0) is 18.3. The Morgan fingerprint density at radius 1 is 1.08 bits per heavy atom. The molecule has 0 aliphatic carbocycles. The summed E-state index contributed by atoms with van der Waals surface area (Å²) in [6.07, 6.45) is 2.00. The molecule has 0 radical (unpaired) electrons. The van der Waals surface area contributed by atoms with Gasteiger partial charge in [0.2, 0.25) is 0 Å². The van der Waals surface area contributed by atoms with Crippen LogP contribution < -0.4 is 15.4 Å². The Bertz CT molecular complexity index is 481. The maximum Gasteiger partial charge on any atom is 0.191 e. The third-order valence-corrected chi connectivity index (χ3v) is 3.59. The number of benzene rings is 1. The number of hydrogen-bond donors (Lipinski definition) is 2. The van der Waals surface area contributed by atoms with E-state index >= 15 is 0 Å². The molecule has 1 rings (SSSR count). The van der Waals surface area contributed by atoms with Gasteiger partial charge < -0.3 is 25.0 Å². The number of guanidine groups is 1. The molecule has 0 spiro atoms. The molecule has 0 aromatic heterocycles. The molecule has 0 unspecified atom stereocenters. The lowest BCUT2D eigenvalue weighted by atomic mass is 10.2. The van der Waals surface area contributed by atoms with E-state index in [4.69, 9.17) is 9.47 Å². The first-order valence-corrected chi connectivity index (χ1v) is 9.04. The molecule has 0 amide bonds.